The van der Waals surface area contributed by atoms with E-state index in [1.807, 2.05) is 0 Å². The third-order valence-corrected chi connectivity index (χ3v) is 8.39. The molecule has 0 bridgehead atoms. The van der Waals surface area contributed by atoms with E-state index < -0.39 is 77.9 Å². The Hall–Kier alpha value is -2.52. The van der Waals surface area contributed by atoms with Crippen molar-refractivity contribution >= 4 is 47.2 Å². The number of ether oxygens (including phenoxy) is 3. The van der Waals surface area contributed by atoms with Gasteiger partial charge >= 0.3 is 25.4 Å². The largest absolute Gasteiger partial charge is 0.462 e. The highest BCUT2D eigenvalue weighted by molar-refractivity contribution is 9.10. The summed E-state index contributed by atoms with van der Waals surface area (Å²) in [6.07, 6.45) is -3.26. The van der Waals surface area contributed by atoms with Gasteiger partial charge in [0, 0.05) is 12.3 Å². The topological polar surface area (TPSA) is 190 Å². The minimum atomic E-state index is -4.35. The molecule has 2 aromatic rings. The van der Waals surface area contributed by atoms with Crippen molar-refractivity contribution in [3.05, 3.63) is 63.4 Å². The zero-order valence-electron chi connectivity index (χ0n) is 22.5. The van der Waals surface area contributed by atoms with Gasteiger partial charge in [0.1, 0.15) is 23.9 Å². The lowest BCUT2D eigenvalue weighted by atomic mass is 10.1. The van der Waals surface area contributed by atoms with Crippen molar-refractivity contribution in [2.45, 2.75) is 68.1 Å². The number of carbonyl (C=O) groups is 2. The van der Waals surface area contributed by atoms with Crippen LogP contribution in [0.1, 0.15) is 33.9 Å². The maximum Gasteiger partial charge on any atom is 0.459 e. The van der Waals surface area contributed by atoms with E-state index in [1.54, 1.807) is 32.0 Å². The summed E-state index contributed by atoms with van der Waals surface area (Å²) in [5.41, 5.74) is 4.15. The normalized spacial score (nSPS) is 25.2. The minimum Gasteiger partial charge on any atom is -0.462 e. The molecule has 1 aliphatic rings. The SMILES string of the molecule is CC(C)OC(=O)[C@@H](C)N[P@](=O)(OC[C@H]1O[C@@H](n2ccc(=O)[nH]c2=O)[C@](Cl)(Br)[C@@H]1OC(=O)[C@H](C)N)Oc1ccccc1. The van der Waals surface area contributed by atoms with Crippen LogP contribution in [-0.4, -0.2) is 62.3 Å². The van der Waals surface area contributed by atoms with Crippen molar-refractivity contribution in [1.82, 2.24) is 14.6 Å². The standard InChI is InChI=1S/C24H31BrClN4O10P/c1-13(2)37-21(33)15(4)29-41(35,40-16-8-6-5-7-9-16)36-12-17-19(39-20(32)14(3)27)24(25,26)22(38-17)30-11-10-18(31)28-23(30)34/h5-11,13-15,17,19,22H,12,27H2,1-4H3,(H,29,35)(H,28,31,34)/t14-,15+,17+,19+,22+,24-,41-/m0/s1. The van der Waals surface area contributed by atoms with E-state index in [0.29, 0.717) is 0 Å². The molecule has 3 rings (SSSR count). The van der Waals surface area contributed by atoms with E-state index in [4.69, 9.17) is 40.6 Å². The molecule has 0 radical (unpaired) electrons. The first-order valence-electron chi connectivity index (χ1n) is 12.4. The fourth-order valence-corrected chi connectivity index (χ4v) is 6.16. The molecule has 41 heavy (non-hydrogen) atoms. The fraction of sp³-hybridized carbons (Fsp3) is 0.500. The Morgan fingerprint density at radius 3 is 2.44 bits per heavy atom. The van der Waals surface area contributed by atoms with Crippen LogP contribution in [0.4, 0.5) is 0 Å². The summed E-state index contributed by atoms with van der Waals surface area (Å²) >= 11 is 10.0. The first kappa shape index (κ1) is 33.0. The number of hydrogen-bond acceptors (Lipinski definition) is 11. The first-order chi connectivity index (χ1) is 19.1. The predicted molar refractivity (Wildman–Crippen MR) is 151 cm³/mol. The zero-order chi connectivity index (χ0) is 30.5. The highest BCUT2D eigenvalue weighted by Gasteiger charge is 2.58. The molecule has 1 aliphatic heterocycles. The number of halogens is 2. The van der Waals surface area contributed by atoms with Gasteiger partial charge in [-0.3, -0.25) is 28.5 Å². The average molecular weight is 682 g/mol. The van der Waals surface area contributed by atoms with Crippen LogP contribution in [0.2, 0.25) is 0 Å². The number of carbonyl (C=O) groups excluding carboxylic acids is 2. The summed E-state index contributed by atoms with van der Waals surface area (Å²) in [6.45, 7) is 5.54. The summed E-state index contributed by atoms with van der Waals surface area (Å²) in [5, 5.41) is 2.54. The summed E-state index contributed by atoms with van der Waals surface area (Å²) in [4.78, 5) is 51.1. The Bertz CT molecular complexity index is 1390. The third kappa shape index (κ3) is 8.51. The summed E-state index contributed by atoms with van der Waals surface area (Å²) < 4.78 is 41.0. The molecule has 226 valence electrons. The van der Waals surface area contributed by atoms with Crippen LogP contribution in [0.5, 0.6) is 5.75 Å². The predicted octanol–water partition coefficient (Wildman–Crippen LogP) is 2.16. The van der Waals surface area contributed by atoms with Crippen molar-refractivity contribution in [2.75, 3.05) is 6.61 Å². The second kappa shape index (κ2) is 13.6. The average Bonchev–Trinajstić information content (AvgIpc) is 3.12. The van der Waals surface area contributed by atoms with E-state index in [9.17, 15) is 23.7 Å². The number of nitrogens with one attached hydrogen (secondary N) is 2. The number of nitrogens with zero attached hydrogens (tertiary/aromatic N) is 1. The van der Waals surface area contributed by atoms with Crippen LogP contribution in [-0.2, 0) is 32.9 Å². The molecule has 1 fully saturated rings. The maximum absolute atomic E-state index is 13.9. The first-order valence-corrected chi connectivity index (χ1v) is 15.1. The van der Waals surface area contributed by atoms with Gasteiger partial charge in [0.15, 0.2) is 16.1 Å². The van der Waals surface area contributed by atoms with Crippen LogP contribution in [0.25, 0.3) is 0 Å². The fourth-order valence-electron chi connectivity index (χ4n) is 3.60. The number of rotatable bonds is 12. The maximum atomic E-state index is 13.9. The molecule has 14 nitrogen and oxygen atoms in total. The molecule has 1 aromatic heterocycles. The van der Waals surface area contributed by atoms with Crippen LogP contribution in [0.15, 0.2) is 52.2 Å². The molecule has 0 amide bonds. The minimum absolute atomic E-state index is 0.157. The lowest BCUT2D eigenvalue weighted by Crippen LogP contribution is -2.45. The molecule has 7 atom stereocenters. The van der Waals surface area contributed by atoms with Gasteiger partial charge in [-0.2, -0.15) is 5.09 Å². The Balaban J connectivity index is 1.92. The molecule has 0 spiro atoms. The molecule has 0 unspecified atom stereocenters. The van der Waals surface area contributed by atoms with Crippen LogP contribution in [0.3, 0.4) is 0 Å². The molecule has 1 aromatic carbocycles. The van der Waals surface area contributed by atoms with Crippen molar-refractivity contribution in [2.24, 2.45) is 5.73 Å². The van der Waals surface area contributed by atoms with E-state index in [1.165, 1.54) is 26.0 Å². The van der Waals surface area contributed by atoms with E-state index >= 15 is 0 Å². The molecule has 2 heterocycles. The van der Waals surface area contributed by atoms with Gasteiger partial charge in [-0.05, 0) is 39.8 Å². The Morgan fingerprint density at radius 1 is 1.20 bits per heavy atom. The lowest BCUT2D eigenvalue weighted by Gasteiger charge is -2.28. The van der Waals surface area contributed by atoms with Crippen molar-refractivity contribution in [3.63, 3.8) is 0 Å². The van der Waals surface area contributed by atoms with Gasteiger partial charge in [0.25, 0.3) is 5.56 Å². The number of benzene rings is 1. The number of para-hydroxylation sites is 1. The number of H-pyrrole nitrogens is 1. The molecule has 4 N–H and O–H groups in total. The Morgan fingerprint density at radius 2 is 1.85 bits per heavy atom. The van der Waals surface area contributed by atoms with Gasteiger partial charge in [-0.15, -0.1) is 0 Å². The van der Waals surface area contributed by atoms with E-state index in [0.717, 1.165) is 16.8 Å². The zero-order valence-corrected chi connectivity index (χ0v) is 25.8. The van der Waals surface area contributed by atoms with Gasteiger partial charge in [0.2, 0.25) is 0 Å². The summed E-state index contributed by atoms with van der Waals surface area (Å²) in [5.74, 6) is -1.40. The molecular weight excluding hydrogens is 651 g/mol. The van der Waals surface area contributed by atoms with Crippen molar-refractivity contribution in [3.8, 4) is 5.75 Å². The molecule has 1 saturated heterocycles. The third-order valence-electron chi connectivity index (χ3n) is 5.50. The van der Waals surface area contributed by atoms with Crippen LogP contribution >= 0.6 is 35.3 Å². The van der Waals surface area contributed by atoms with Crippen molar-refractivity contribution in [1.29, 1.82) is 0 Å². The highest BCUT2D eigenvalue weighted by atomic mass is 79.9. The Kier molecular flexibility index (Phi) is 11.0. The summed E-state index contributed by atoms with van der Waals surface area (Å²) in [6, 6.07) is 6.93. The number of aromatic nitrogens is 2. The number of esters is 2. The monoisotopic (exact) mass is 680 g/mol. The van der Waals surface area contributed by atoms with E-state index in [-0.39, 0.29) is 5.75 Å². The second-order valence-electron chi connectivity index (χ2n) is 9.40. The number of alkyl halides is 2. The number of hydrogen-bond donors (Lipinski definition) is 3. The van der Waals surface area contributed by atoms with Gasteiger partial charge in [-0.1, -0.05) is 45.7 Å². The quantitative estimate of drug-likeness (QED) is 0.168. The van der Waals surface area contributed by atoms with Crippen LogP contribution < -0.4 is 26.6 Å². The van der Waals surface area contributed by atoms with Crippen LogP contribution in [0, 0.1) is 0 Å². The number of aromatic amines is 1. The second-order valence-corrected chi connectivity index (χ2v) is 13.5. The van der Waals surface area contributed by atoms with E-state index in [2.05, 4.69) is 26.0 Å². The highest BCUT2D eigenvalue weighted by Crippen LogP contribution is 2.51. The summed E-state index contributed by atoms with van der Waals surface area (Å²) in [7, 11) is -4.35. The Labute approximate surface area is 248 Å². The van der Waals surface area contributed by atoms with Gasteiger partial charge in [0.05, 0.1) is 12.7 Å². The molecule has 0 aliphatic carbocycles. The molecular formula is C24H31BrClN4O10P. The molecule has 17 heteroatoms. The lowest BCUT2D eigenvalue weighted by molar-refractivity contribution is -0.154. The smallest absolute Gasteiger partial charge is 0.459 e. The van der Waals surface area contributed by atoms with Gasteiger partial charge in [-0.25, -0.2) is 9.36 Å². The number of nitrogens with two attached hydrogens (primary N) is 1. The van der Waals surface area contributed by atoms with Crippen molar-refractivity contribution < 1.29 is 37.4 Å². The van der Waals surface area contributed by atoms with Gasteiger partial charge < -0.3 is 24.5 Å². The molecule has 0 saturated carbocycles.